The quantitative estimate of drug-likeness (QED) is 0.737. The smallest absolute Gasteiger partial charge is 0.164 e. The first-order chi connectivity index (χ1) is 8.29. The molecule has 0 aliphatic carbocycles. The van der Waals surface area contributed by atoms with Crippen molar-refractivity contribution in [1.29, 1.82) is 0 Å². The molecular weight excluding hydrogens is 212 g/mol. The Hall–Kier alpha value is -1.90. The molecule has 0 unspecified atom stereocenters. The van der Waals surface area contributed by atoms with Gasteiger partial charge in [-0.1, -0.05) is 31.2 Å². The van der Waals surface area contributed by atoms with Crippen LogP contribution in [0, 0.1) is 0 Å². The van der Waals surface area contributed by atoms with Gasteiger partial charge in [0, 0.05) is 30.9 Å². The third-order valence-electron chi connectivity index (χ3n) is 2.84. The Morgan fingerprint density at radius 2 is 2.06 bits per heavy atom. The van der Waals surface area contributed by atoms with Crippen molar-refractivity contribution < 1.29 is 4.79 Å². The maximum Gasteiger partial charge on any atom is 0.164 e. The zero-order valence-corrected chi connectivity index (χ0v) is 9.97. The number of carbonyl (C=O) groups excluding carboxylic acids is 1. The van der Waals surface area contributed by atoms with Gasteiger partial charge in [-0.15, -0.1) is 0 Å². The molecule has 0 fully saturated rings. The number of ketones is 1. The van der Waals surface area contributed by atoms with E-state index in [-0.39, 0.29) is 5.78 Å². The van der Waals surface area contributed by atoms with E-state index in [1.54, 1.807) is 12.5 Å². The lowest BCUT2D eigenvalue weighted by Crippen LogP contribution is -2.04. The summed E-state index contributed by atoms with van der Waals surface area (Å²) in [6.45, 7) is 2.80. The summed E-state index contributed by atoms with van der Waals surface area (Å²) in [4.78, 5) is 15.9. The highest BCUT2D eigenvalue weighted by Crippen LogP contribution is 2.08. The zero-order valence-electron chi connectivity index (χ0n) is 9.97. The average molecular weight is 228 g/mol. The van der Waals surface area contributed by atoms with Gasteiger partial charge in [0.15, 0.2) is 5.78 Å². The zero-order chi connectivity index (χ0) is 12.1. The van der Waals surface area contributed by atoms with E-state index in [1.807, 2.05) is 35.0 Å². The number of rotatable bonds is 5. The topological polar surface area (TPSA) is 34.9 Å². The van der Waals surface area contributed by atoms with Crippen molar-refractivity contribution in [2.75, 3.05) is 0 Å². The van der Waals surface area contributed by atoms with Crippen molar-refractivity contribution in [2.24, 2.45) is 0 Å². The van der Waals surface area contributed by atoms with Gasteiger partial charge in [0.05, 0.1) is 6.33 Å². The van der Waals surface area contributed by atoms with E-state index >= 15 is 0 Å². The van der Waals surface area contributed by atoms with Crippen molar-refractivity contribution in [3.63, 3.8) is 0 Å². The summed E-state index contributed by atoms with van der Waals surface area (Å²) in [6, 6.07) is 7.86. The number of benzene rings is 1. The summed E-state index contributed by atoms with van der Waals surface area (Å²) >= 11 is 0. The van der Waals surface area contributed by atoms with Crippen LogP contribution in [0.5, 0.6) is 0 Å². The second-order valence-electron chi connectivity index (χ2n) is 4.02. The fourth-order valence-corrected chi connectivity index (χ4v) is 1.72. The third kappa shape index (κ3) is 3.03. The normalized spacial score (nSPS) is 10.4. The number of Topliss-reactive ketones (excluding diaryl/α,β-unsaturated/α-hetero) is 1. The second kappa shape index (κ2) is 5.43. The monoisotopic (exact) mass is 228 g/mol. The lowest BCUT2D eigenvalue weighted by Gasteiger charge is -2.03. The predicted octanol–water partition coefficient (Wildman–Crippen LogP) is 2.72. The largest absolute Gasteiger partial charge is 0.337 e. The number of aryl methyl sites for hydroxylation is 2. The Morgan fingerprint density at radius 1 is 1.29 bits per heavy atom. The van der Waals surface area contributed by atoms with Gasteiger partial charge in [0.1, 0.15) is 0 Å². The first-order valence-electron chi connectivity index (χ1n) is 5.87. The van der Waals surface area contributed by atoms with Crippen molar-refractivity contribution in [2.45, 2.75) is 26.3 Å². The summed E-state index contributed by atoms with van der Waals surface area (Å²) in [5, 5.41) is 0. The molecule has 0 N–H and O–H groups in total. The van der Waals surface area contributed by atoms with Crippen LogP contribution in [0.15, 0.2) is 43.0 Å². The lowest BCUT2D eigenvalue weighted by atomic mass is 10.1. The molecule has 0 amide bonds. The van der Waals surface area contributed by atoms with E-state index < -0.39 is 0 Å². The number of carbonyl (C=O) groups is 1. The highest BCUT2D eigenvalue weighted by molar-refractivity contribution is 5.96. The molecule has 0 atom stereocenters. The molecule has 0 saturated heterocycles. The SMILES string of the molecule is CCc1ccc(C(=O)CCn2ccnc2)cc1. The van der Waals surface area contributed by atoms with Gasteiger partial charge in [-0.3, -0.25) is 4.79 Å². The molecule has 0 aliphatic heterocycles. The first kappa shape index (κ1) is 11.6. The predicted molar refractivity (Wildman–Crippen MR) is 67.0 cm³/mol. The molecule has 2 rings (SSSR count). The summed E-state index contributed by atoms with van der Waals surface area (Å²) in [5.74, 6) is 0.182. The van der Waals surface area contributed by atoms with Gasteiger partial charge in [0.25, 0.3) is 0 Å². The van der Waals surface area contributed by atoms with Crippen LogP contribution >= 0.6 is 0 Å². The second-order valence-corrected chi connectivity index (χ2v) is 4.02. The first-order valence-corrected chi connectivity index (χ1v) is 5.87. The van der Waals surface area contributed by atoms with Crippen LogP contribution in [-0.4, -0.2) is 15.3 Å². The maximum atomic E-state index is 11.9. The van der Waals surface area contributed by atoms with Crippen molar-refractivity contribution in [3.05, 3.63) is 54.1 Å². The minimum absolute atomic E-state index is 0.182. The van der Waals surface area contributed by atoms with E-state index in [0.29, 0.717) is 13.0 Å². The third-order valence-corrected chi connectivity index (χ3v) is 2.84. The summed E-state index contributed by atoms with van der Waals surface area (Å²) < 4.78 is 1.91. The molecule has 0 aliphatic rings. The van der Waals surface area contributed by atoms with Crippen LogP contribution in [0.2, 0.25) is 0 Å². The Bertz CT molecular complexity index is 471. The molecule has 3 nitrogen and oxygen atoms in total. The van der Waals surface area contributed by atoms with E-state index in [4.69, 9.17) is 0 Å². The molecule has 1 aromatic carbocycles. The highest BCUT2D eigenvalue weighted by atomic mass is 16.1. The molecule has 0 spiro atoms. The maximum absolute atomic E-state index is 11.9. The van der Waals surface area contributed by atoms with Crippen LogP contribution in [-0.2, 0) is 13.0 Å². The van der Waals surface area contributed by atoms with Crippen LogP contribution in [0.3, 0.4) is 0 Å². The standard InChI is InChI=1S/C14H16N2O/c1-2-12-3-5-13(6-4-12)14(17)7-9-16-10-8-15-11-16/h3-6,8,10-11H,2,7,9H2,1H3. The molecule has 2 aromatic rings. The molecule has 88 valence electrons. The summed E-state index contributed by atoms with van der Waals surface area (Å²) in [7, 11) is 0. The minimum atomic E-state index is 0.182. The number of aromatic nitrogens is 2. The van der Waals surface area contributed by atoms with E-state index in [9.17, 15) is 4.79 Å². The Labute approximate surface area is 101 Å². The molecular formula is C14H16N2O. The fourth-order valence-electron chi connectivity index (χ4n) is 1.72. The van der Waals surface area contributed by atoms with Crippen LogP contribution < -0.4 is 0 Å². The molecule has 1 heterocycles. The van der Waals surface area contributed by atoms with Gasteiger partial charge >= 0.3 is 0 Å². The Balaban J connectivity index is 1.95. The number of imidazole rings is 1. The van der Waals surface area contributed by atoms with E-state index in [2.05, 4.69) is 11.9 Å². The van der Waals surface area contributed by atoms with Crippen LogP contribution in [0.4, 0.5) is 0 Å². The number of hydrogen-bond acceptors (Lipinski definition) is 2. The van der Waals surface area contributed by atoms with Crippen molar-refractivity contribution in [3.8, 4) is 0 Å². The van der Waals surface area contributed by atoms with Gasteiger partial charge in [-0.2, -0.15) is 0 Å². The van der Waals surface area contributed by atoms with Gasteiger partial charge in [-0.05, 0) is 12.0 Å². The molecule has 3 heteroatoms. The Kier molecular flexibility index (Phi) is 3.70. The van der Waals surface area contributed by atoms with Crippen LogP contribution in [0.25, 0.3) is 0 Å². The molecule has 0 bridgehead atoms. The van der Waals surface area contributed by atoms with E-state index in [0.717, 1.165) is 12.0 Å². The Morgan fingerprint density at radius 3 is 2.65 bits per heavy atom. The minimum Gasteiger partial charge on any atom is -0.337 e. The summed E-state index contributed by atoms with van der Waals surface area (Å²) in [5.41, 5.74) is 2.05. The molecule has 1 aromatic heterocycles. The molecule has 0 saturated carbocycles. The lowest BCUT2D eigenvalue weighted by molar-refractivity contribution is 0.0977. The summed E-state index contributed by atoms with van der Waals surface area (Å²) in [6.07, 6.45) is 6.84. The number of hydrogen-bond donors (Lipinski definition) is 0. The molecule has 0 radical (unpaired) electrons. The highest BCUT2D eigenvalue weighted by Gasteiger charge is 2.05. The van der Waals surface area contributed by atoms with Gasteiger partial charge < -0.3 is 4.57 Å². The number of nitrogens with zero attached hydrogens (tertiary/aromatic N) is 2. The van der Waals surface area contributed by atoms with Crippen LogP contribution in [0.1, 0.15) is 29.3 Å². The van der Waals surface area contributed by atoms with Crippen molar-refractivity contribution >= 4 is 5.78 Å². The van der Waals surface area contributed by atoms with Gasteiger partial charge in [0.2, 0.25) is 0 Å². The van der Waals surface area contributed by atoms with Crippen molar-refractivity contribution in [1.82, 2.24) is 9.55 Å². The average Bonchev–Trinajstić information content (AvgIpc) is 2.89. The molecule has 17 heavy (non-hydrogen) atoms. The van der Waals surface area contributed by atoms with E-state index in [1.165, 1.54) is 5.56 Å². The fraction of sp³-hybridized carbons (Fsp3) is 0.286. The van der Waals surface area contributed by atoms with Gasteiger partial charge in [-0.25, -0.2) is 4.98 Å².